The largest absolute Gasteiger partial charge is 0.488 e. The Morgan fingerprint density at radius 2 is 2.31 bits per heavy atom. The van der Waals surface area contributed by atoms with Gasteiger partial charge in [0.25, 0.3) is 0 Å². The number of halogens is 1. The van der Waals surface area contributed by atoms with Gasteiger partial charge in [-0.1, -0.05) is 31.7 Å². The fourth-order valence-electron chi connectivity index (χ4n) is 1.40. The predicted octanol–water partition coefficient (Wildman–Crippen LogP) is 3.51. The molecule has 0 saturated carbocycles. The van der Waals surface area contributed by atoms with Crippen molar-refractivity contribution in [2.75, 3.05) is 13.2 Å². The Kier molecular flexibility index (Phi) is 6.19. The highest BCUT2D eigenvalue weighted by atomic mass is 79.9. The predicted molar refractivity (Wildman–Crippen MR) is 71.8 cm³/mol. The van der Waals surface area contributed by atoms with Crippen LogP contribution in [0.5, 0.6) is 5.75 Å². The monoisotopic (exact) mass is 283 g/mol. The number of benzene rings is 1. The van der Waals surface area contributed by atoms with Crippen molar-refractivity contribution in [3.05, 3.63) is 40.9 Å². The van der Waals surface area contributed by atoms with Crippen LogP contribution in [0.15, 0.2) is 35.3 Å². The molecule has 1 aromatic carbocycles. The van der Waals surface area contributed by atoms with E-state index in [2.05, 4.69) is 40.8 Å². The van der Waals surface area contributed by atoms with Gasteiger partial charge in [-0.2, -0.15) is 0 Å². The van der Waals surface area contributed by atoms with E-state index in [1.54, 1.807) is 6.08 Å². The zero-order valence-electron chi connectivity index (χ0n) is 9.63. The maximum Gasteiger partial charge on any atom is 0.138 e. The van der Waals surface area contributed by atoms with E-state index in [1.807, 2.05) is 12.1 Å². The molecule has 0 bridgehead atoms. The van der Waals surface area contributed by atoms with Gasteiger partial charge in [-0.05, 0) is 35.0 Å². The molecule has 0 unspecified atom stereocenters. The Labute approximate surface area is 106 Å². The summed E-state index contributed by atoms with van der Waals surface area (Å²) >= 11 is 3.50. The second-order valence-corrected chi connectivity index (χ2v) is 4.36. The molecule has 2 nitrogen and oxygen atoms in total. The summed E-state index contributed by atoms with van der Waals surface area (Å²) in [5.41, 5.74) is 1.17. The lowest BCUT2D eigenvalue weighted by molar-refractivity contribution is 0.355. The van der Waals surface area contributed by atoms with Gasteiger partial charge in [0, 0.05) is 12.1 Å². The van der Waals surface area contributed by atoms with Crippen LogP contribution in [-0.2, 0) is 6.54 Å². The van der Waals surface area contributed by atoms with Crippen LogP contribution in [-0.4, -0.2) is 13.2 Å². The molecule has 0 atom stereocenters. The van der Waals surface area contributed by atoms with E-state index in [0.29, 0.717) is 6.61 Å². The van der Waals surface area contributed by atoms with Crippen LogP contribution in [0, 0.1) is 0 Å². The quantitative estimate of drug-likeness (QED) is 0.611. The summed E-state index contributed by atoms with van der Waals surface area (Å²) in [6.07, 6.45) is 2.89. The van der Waals surface area contributed by atoms with E-state index in [-0.39, 0.29) is 0 Å². The zero-order valence-corrected chi connectivity index (χ0v) is 11.2. The zero-order chi connectivity index (χ0) is 11.8. The van der Waals surface area contributed by atoms with Gasteiger partial charge < -0.3 is 10.1 Å². The second kappa shape index (κ2) is 7.47. The SMILES string of the molecule is C=CCOc1c(Br)cccc1CNCCC. The van der Waals surface area contributed by atoms with Crippen LogP contribution in [0.2, 0.25) is 0 Å². The highest BCUT2D eigenvalue weighted by molar-refractivity contribution is 9.10. The number of hydrogen-bond acceptors (Lipinski definition) is 2. The number of rotatable bonds is 7. The Hall–Kier alpha value is -0.800. The van der Waals surface area contributed by atoms with Gasteiger partial charge in [0.2, 0.25) is 0 Å². The molecule has 0 aliphatic carbocycles. The lowest BCUT2D eigenvalue weighted by Crippen LogP contribution is -2.14. The summed E-state index contributed by atoms with van der Waals surface area (Å²) in [4.78, 5) is 0. The average molecular weight is 284 g/mol. The maximum atomic E-state index is 5.64. The molecule has 0 fully saturated rings. The molecule has 0 amide bonds. The van der Waals surface area contributed by atoms with Crippen LogP contribution >= 0.6 is 15.9 Å². The summed E-state index contributed by atoms with van der Waals surface area (Å²) in [6, 6.07) is 6.08. The van der Waals surface area contributed by atoms with Crippen molar-refractivity contribution in [1.29, 1.82) is 0 Å². The van der Waals surface area contributed by atoms with Crippen LogP contribution in [0.1, 0.15) is 18.9 Å². The average Bonchev–Trinajstić information content (AvgIpc) is 2.28. The molecule has 0 aromatic heterocycles. The second-order valence-electron chi connectivity index (χ2n) is 3.50. The number of ether oxygens (including phenoxy) is 1. The van der Waals surface area contributed by atoms with Crippen molar-refractivity contribution in [2.24, 2.45) is 0 Å². The van der Waals surface area contributed by atoms with Gasteiger partial charge in [-0.3, -0.25) is 0 Å². The maximum absolute atomic E-state index is 5.64. The molecule has 0 aliphatic heterocycles. The third kappa shape index (κ3) is 3.99. The van der Waals surface area contributed by atoms with Crippen LogP contribution < -0.4 is 10.1 Å². The summed E-state index contributed by atoms with van der Waals surface area (Å²) in [5.74, 6) is 0.908. The van der Waals surface area contributed by atoms with E-state index in [4.69, 9.17) is 4.74 Å². The smallest absolute Gasteiger partial charge is 0.138 e. The minimum absolute atomic E-state index is 0.531. The lowest BCUT2D eigenvalue weighted by Gasteiger charge is -2.12. The Bertz CT molecular complexity index is 339. The van der Waals surface area contributed by atoms with Crippen molar-refractivity contribution in [2.45, 2.75) is 19.9 Å². The lowest BCUT2D eigenvalue weighted by atomic mass is 10.2. The van der Waals surface area contributed by atoms with Crippen molar-refractivity contribution in [3.63, 3.8) is 0 Å². The summed E-state index contributed by atoms with van der Waals surface area (Å²) in [5, 5.41) is 3.37. The molecule has 0 heterocycles. The fraction of sp³-hybridized carbons (Fsp3) is 0.385. The van der Waals surface area contributed by atoms with Crippen LogP contribution in [0.25, 0.3) is 0 Å². The summed E-state index contributed by atoms with van der Waals surface area (Å²) < 4.78 is 6.63. The van der Waals surface area contributed by atoms with Gasteiger partial charge in [-0.25, -0.2) is 0 Å². The van der Waals surface area contributed by atoms with Crippen LogP contribution in [0.3, 0.4) is 0 Å². The van der Waals surface area contributed by atoms with Gasteiger partial charge in [0.15, 0.2) is 0 Å². The van der Waals surface area contributed by atoms with Crippen molar-refractivity contribution >= 4 is 15.9 Å². The summed E-state index contributed by atoms with van der Waals surface area (Å²) in [7, 11) is 0. The minimum atomic E-state index is 0.531. The molecule has 16 heavy (non-hydrogen) atoms. The molecule has 3 heteroatoms. The van der Waals surface area contributed by atoms with E-state index in [9.17, 15) is 0 Å². The van der Waals surface area contributed by atoms with E-state index >= 15 is 0 Å². The van der Waals surface area contributed by atoms with E-state index < -0.39 is 0 Å². The molecule has 1 aromatic rings. The van der Waals surface area contributed by atoms with Crippen LogP contribution in [0.4, 0.5) is 0 Å². The Morgan fingerprint density at radius 3 is 3.00 bits per heavy atom. The number of para-hydroxylation sites is 1. The first-order chi connectivity index (χ1) is 7.79. The van der Waals surface area contributed by atoms with Crippen molar-refractivity contribution in [3.8, 4) is 5.75 Å². The number of nitrogens with one attached hydrogen (secondary N) is 1. The van der Waals surface area contributed by atoms with Gasteiger partial charge >= 0.3 is 0 Å². The molecule has 0 aliphatic rings. The fourth-order valence-corrected chi connectivity index (χ4v) is 1.92. The molecular formula is C13H18BrNO. The van der Waals surface area contributed by atoms with Gasteiger partial charge in [-0.15, -0.1) is 0 Å². The molecular weight excluding hydrogens is 266 g/mol. The molecule has 0 radical (unpaired) electrons. The molecule has 0 spiro atoms. The first kappa shape index (κ1) is 13.3. The standard InChI is InChI=1S/C13H18BrNO/c1-3-8-15-10-11-6-5-7-12(14)13(11)16-9-4-2/h4-7,15H,2-3,8-10H2,1H3. The summed E-state index contributed by atoms with van der Waals surface area (Å²) in [6.45, 7) is 8.20. The van der Waals surface area contributed by atoms with Crippen molar-refractivity contribution < 1.29 is 4.74 Å². The normalized spacial score (nSPS) is 10.1. The third-order valence-corrected chi connectivity index (χ3v) is 2.76. The van der Waals surface area contributed by atoms with E-state index in [1.165, 1.54) is 5.56 Å². The molecule has 88 valence electrons. The Morgan fingerprint density at radius 1 is 1.50 bits per heavy atom. The topological polar surface area (TPSA) is 21.3 Å². The minimum Gasteiger partial charge on any atom is -0.488 e. The van der Waals surface area contributed by atoms with E-state index in [0.717, 1.165) is 29.7 Å². The van der Waals surface area contributed by atoms with Gasteiger partial charge in [0.1, 0.15) is 12.4 Å². The molecule has 1 N–H and O–H groups in total. The highest BCUT2D eigenvalue weighted by Crippen LogP contribution is 2.29. The third-order valence-electron chi connectivity index (χ3n) is 2.14. The highest BCUT2D eigenvalue weighted by Gasteiger charge is 2.06. The number of hydrogen-bond donors (Lipinski definition) is 1. The Balaban J connectivity index is 2.72. The first-order valence-electron chi connectivity index (χ1n) is 5.51. The van der Waals surface area contributed by atoms with Gasteiger partial charge in [0.05, 0.1) is 4.47 Å². The van der Waals surface area contributed by atoms with Crippen molar-refractivity contribution in [1.82, 2.24) is 5.32 Å². The molecule has 0 saturated heterocycles. The molecule has 1 rings (SSSR count). The first-order valence-corrected chi connectivity index (χ1v) is 6.30.